The van der Waals surface area contributed by atoms with Crippen molar-refractivity contribution in [1.82, 2.24) is 4.90 Å². The summed E-state index contributed by atoms with van der Waals surface area (Å²) in [4.78, 5) is 16.4. The van der Waals surface area contributed by atoms with Crippen LogP contribution >= 0.6 is 11.6 Å². The summed E-state index contributed by atoms with van der Waals surface area (Å²) in [5, 5.41) is 0.728. The van der Waals surface area contributed by atoms with Gasteiger partial charge in [-0.25, -0.2) is 4.79 Å². The lowest BCUT2D eigenvalue weighted by molar-refractivity contribution is 0.0193. The molecule has 1 aliphatic heterocycles. The lowest BCUT2D eigenvalue weighted by atomic mass is 10.1. The third-order valence-corrected chi connectivity index (χ3v) is 3.91. The fraction of sp³-hybridized carbons (Fsp3) is 0.588. The van der Waals surface area contributed by atoms with E-state index in [1.54, 1.807) is 4.90 Å². The summed E-state index contributed by atoms with van der Waals surface area (Å²) in [6, 6.07) is 8.26. The zero-order chi connectivity index (χ0) is 16.5. The van der Waals surface area contributed by atoms with Crippen molar-refractivity contribution < 1.29 is 9.53 Å². The Morgan fingerprint density at radius 1 is 1.23 bits per heavy atom. The van der Waals surface area contributed by atoms with E-state index in [2.05, 4.69) is 24.8 Å². The fourth-order valence-corrected chi connectivity index (χ4v) is 3.13. The molecule has 0 aromatic heterocycles. The second-order valence-corrected chi connectivity index (χ2v) is 7.41. The van der Waals surface area contributed by atoms with Crippen LogP contribution in [-0.2, 0) is 4.74 Å². The molecule has 0 bridgehead atoms. The van der Waals surface area contributed by atoms with Crippen LogP contribution in [-0.4, -0.2) is 41.8 Å². The van der Waals surface area contributed by atoms with E-state index in [0.29, 0.717) is 13.1 Å². The highest BCUT2D eigenvalue weighted by molar-refractivity contribution is 6.30. The van der Waals surface area contributed by atoms with Gasteiger partial charge < -0.3 is 14.5 Å². The number of carbonyl (C=O) groups excluding carboxylic acids is 1. The molecule has 0 spiro atoms. The smallest absolute Gasteiger partial charge is 0.410 e. The van der Waals surface area contributed by atoms with Crippen molar-refractivity contribution in [3.05, 3.63) is 29.3 Å². The molecular formula is C17H25ClN2O2. The molecule has 0 radical (unpaired) electrons. The highest BCUT2D eigenvalue weighted by Crippen LogP contribution is 2.27. The second-order valence-electron chi connectivity index (χ2n) is 6.97. The Hall–Kier alpha value is -1.42. The summed E-state index contributed by atoms with van der Waals surface area (Å²) in [7, 11) is 0. The molecule has 1 fully saturated rings. The molecule has 5 heteroatoms. The lowest BCUT2D eigenvalue weighted by Gasteiger charge is -2.45. The molecule has 1 saturated heterocycles. The van der Waals surface area contributed by atoms with Gasteiger partial charge in [-0.3, -0.25) is 0 Å². The van der Waals surface area contributed by atoms with E-state index < -0.39 is 5.60 Å². The normalized spacial score (nSPS) is 22.6. The number of benzene rings is 1. The van der Waals surface area contributed by atoms with Crippen molar-refractivity contribution in [2.24, 2.45) is 0 Å². The molecule has 2 unspecified atom stereocenters. The number of hydrogen-bond acceptors (Lipinski definition) is 3. The summed E-state index contributed by atoms with van der Waals surface area (Å²) in [6.07, 6.45) is -0.239. The van der Waals surface area contributed by atoms with Crippen LogP contribution in [0.25, 0.3) is 0 Å². The van der Waals surface area contributed by atoms with Crippen molar-refractivity contribution in [2.45, 2.75) is 52.3 Å². The average Bonchev–Trinajstić information content (AvgIpc) is 2.35. The molecule has 22 heavy (non-hydrogen) atoms. The molecule has 122 valence electrons. The first-order valence-electron chi connectivity index (χ1n) is 7.69. The summed E-state index contributed by atoms with van der Waals surface area (Å²) < 4.78 is 5.48. The Labute approximate surface area is 138 Å². The molecule has 2 rings (SSSR count). The molecule has 0 N–H and O–H groups in total. The van der Waals surface area contributed by atoms with Crippen LogP contribution in [0.5, 0.6) is 0 Å². The molecule has 2 atom stereocenters. The third-order valence-electron chi connectivity index (χ3n) is 3.68. The molecule has 1 aliphatic rings. The van der Waals surface area contributed by atoms with Crippen LogP contribution in [0, 0.1) is 0 Å². The standard InChI is InChI=1S/C17H25ClN2O2/c1-12-10-19(16(21)22-17(3,4)5)11-13(2)20(12)15-8-6-7-14(18)9-15/h6-9,12-13H,10-11H2,1-5H3. The second kappa shape index (κ2) is 6.37. The third kappa shape index (κ3) is 4.07. The van der Waals surface area contributed by atoms with Crippen molar-refractivity contribution in [3.8, 4) is 0 Å². The Morgan fingerprint density at radius 2 is 1.82 bits per heavy atom. The predicted molar refractivity (Wildman–Crippen MR) is 90.7 cm³/mol. The van der Waals surface area contributed by atoms with Gasteiger partial charge in [0.1, 0.15) is 5.60 Å². The summed E-state index contributed by atoms with van der Waals surface area (Å²) in [5.41, 5.74) is 0.629. The molecule has 0 saturated carbocycles. The molecule has 1 amide bonds. The SMILES string of the molecule is CC1CN(C(=O)OC(C)(C)C)CC(C)N1c1cccc(Cl)c1. The molecule has 0 aliphatic carbocycles. The molecule has 1 heterocycles. The number of amides is 1. The molecule has 1 aromatic rings. The van der Waals surface area contributed by atoms with Gasteiger partial charge in [-0.1, -0.05) is 17.7 Å². The number of nitrogens with zero attached hydrogens (tertiary/aromatic N) is 2. The minimum absolute atomic E-state index is 0.203. The Balaban J connectivity index is 2.11. The maximum Gasteiger partial charge on any atom is 0.410 e. The highest BCUT2D eigenvalue weighted by Gasteiger charge is 2.34. The van der Waals surface area contributed by atoms with Crippen LogP contribution in [0.3, 0.4) is 0 Å². The van der Waals surface area contributed by atoms with Gasteiger partial charge in [-0.2, -0.15) is 0 Å². The maximum absolute atomic E-state index is 12.3. The number of anilines is 1. The number of carbonyl (C=O) groups is 1. The fourth-order valence-electron chi connectivity index (χ4n) is 2.94. The van der Waals surface area contributed by atoms with Gasteiger partial charge in [0.15, 0.2) is 0 Å². The first-order valence-corrected chi connectivity index (χ1v) is 8.07. The van der Waals surface area contributed by atoms with Gasteiger partial charge in [-0.05, 0) is 52.8 Å². The van der Waals surface area contributed by atoms with E-state index in [1.165, 1.54) is 0 Å². The molecule has 4 nitrogen and oxygen atoms in total. The minimum Gasteiger partial charge on any atom is -0.444 e. The summed E-state index contributed by atoms with van der Waals surface area (Å²) in [5.74, 6) is 0. The van der Waals surface area contributed by atoms with Gasteiger partial charge in [0.2, 0.25) is 0 Å². The van der Waals surface area contributed by atoms with Gasteiger partial charge in [0.25, 0.3) is 0 Å². The highest BCUT2D eigenvalue weighted by atomic mass is 35.5. The number of rotatable bonds is 1. The average molecular weight is 325 g/mol. The first-order chi connectivity index (χ1) is 10.2. The predicted octanol–water partition coefficient (Wildman–Crippen LogP) is 4.17. The van der Waals surface area contributed by atoms with E-state index in [-0.39, 0.29) is 18.2 Å². The zero-order valence-electron chi connectivity index (χ0n) is 14.0. The van der Waals surface area contributed by atoms with Crippen LogP contribution in [0.2, 0.25) is 5.02 Å². The lowest BCUT2D eigenvalue weighted by Crippen LogP contribution is -2.58. The summed E-state index contributed by atoms with van der Waals surface area (Å²) in [6.45, 7) is 11.2. The van der Waals surface area contributed by atoms with Crippen molar-refractivity contribution >= 4 is 23.4 Å². The molecule has 1 aromatic carbocycles. The quantitative estimate of drug-likeness (QED) is 0.777. The number of ether oxygens (including phenoxy) is 1. The minimum atomic E-state index is -0.465. The van der Waals surface area contributed by atoms with Crippen molar-refractivity contribution in [2.75, 3.05) is 18.0 Å². The van der Waals surface area contributed by atoms with Gasteiger partial charge in [-0.15, -0.1) is 0 Å². The molecular weight excluding hydrogens is 300 g/mol. The maximum atomic E-state index is 12.3. The van der Waals surface area contributed by atoms with E-state index in [1.807, 2.05) is 39.0 Å². The topological polar surface area (TPSA) is 32.8 Å². The van der Waals surface area contributed by atoms with Crippen LogP contribution in [0.1, 0.15) is 34.6 Å². The van der Waals surface area contributed by atoms with Gasteiger partial charge >= 0.3 is 6.09 Å². The van der Waals surface area contributed by atoms with E-state index in [4.69, 9.17) is 16.3 Å². The Bertz CT molecular complexity index is 530. The Morgan fingerprint density at radius 3 is 2.32 bits per heavy atom. The van der Waals surface area contributed by atoms with Crippen molar-refractivity contribution in [3.63, 3.8) is 0 Å². The van der Waals surface area contributed by atoms with Crippen LogP contribution in [0.4, 0.5) is 10.5 Å². The monoisotopic (exact) mass is 324 g/mol. The van der Waals surface area contributed by atoms with E-state index >= 15 is 0 Å². The summed E-state index contributed by atoms with van der Waals surface area (Å²) >= 11 is 6.10. The van der Waals surface area contributed by atoms with Crippen LogP contribution < -0.4 is 4.90 Å². The number of halogens is 1. The number of hydrogen-bond donors (Lipinski definition) is 0. The zero-order valence-corrected chi connectivity index (χ0v) is 14.7. The largest absolute Gasteiger partial charge is 0.444 e. The Kier molecular flexibility index (Phi) is 4.90. The van der Waals surface area contributed by atoms with Gasteiger partial charge in [0, 0.05) is 35.9 Å². The first kappa shape index (κ1) is 16.9. The number of piperazine rings is 1. The van der Waals surface area contributed by atoms with Crippen LogP contribution in [0.15, 0.2) is 24.3 Å². The van der Waals surface area contributed by atoms with E-state index in [0.717, 1.165) is 10.7 Å². The van der Waals surface area contributed by atoms with Gasteiger partial charge in [0.05, 0.1) is 0 Å². The van der Waals surface area contributed by atoms with Crippen molar-refractivity contribution in [1.29, 1.82) is 0 Å². The van der Waals surface area contributed by atoms with E-state index in [9.17, 15) is 4.79 Å².